The molecule has 2 nitrogen and oxygen atoms in total. The lowest BCUT2D eigenvalue weighted by Gasteiger charge is -2.12. The number of aryl methyl sites for hydroxylation is 2. The highest BCUT2D eigenvalue weighted by Gasteiger charge is 2.13. The molecule has 0 unspecified atom stereocenters. The van der Waals surface area contributed by atoms with Crippen molar-refractivity contribution in [1.82, 2.24) is 0 Å². The van der Waals surface area contributed by atoms with Gasteiger partial charge in [-0.1, -0.05) is 29.8 Å². The molecule has 0 aliphatic rings. The third kappa shape index (κ3) is 3.17. The number of anilines is 1. The van der Waals surface area contributed by atoms with Crippen LogP contribution in [-0.2, 0) is 0 Å². The molecule has 1 amide bonds. The molecule has 0 atom stereocenters. The van der Waals surface area contributed by atoms with Crippen LogP contribution in [0.4, 0.5) is 5.69 Å². The average molecular weight is 339 g/mol. The number of hydrogen-bond donors (Lipinski definition) is 1. The Hall–Kier alpha value is -1.32. The molecule has 0 saturated heterocycles. The van der Waals surface area contributed by atoms with Gasteiger partial charge in [-0.05, 0) is 59.1 Å². The Bertz CT molecular complexity index is 617. The molecule has 1 N–H and O–H groups in total. The molecule has 0 aliphatic heterocycles. The summed E-state index contributed by atoms with van der Waals surface area (Å²) in [5.41, 5.74) is 3.39. The molecule has 0 heterocycles. The van der Waals surface area contributed by atoms with Crippen LogP contribution >= 0.6 is 27.5 Å². The summed E-state index contributed by atoms with van der Waals surface area (Å²) < 4.78 is 0.866. The van der Waals surface area contributed by atoms with E-state index in [4.69, 9.17) is 11.6 Å². The molecule has 2 rings (SSSR count). The summed E-state index contributed by atoms with van der Waals surface area (Å²) in [5, 5.41) is 3.34. The van der Waals surface area contributed by atoms with Gasteiger partial charge in [0.25, 0.3) is 5.91 Å². The molecule has 0 aliphatic carbocycles. The van der Waals surface area contributed by atoms with Gasteiger partial charge in [-0.3, -0.25) is 4.79 Å². The van der Waals surface area contributed by atoms with E-state index in [0.717, 1.165) is 21.3 Å². The number of carbonyl (C=O) groups is 1. The standard InChI is InChI=1S/C15H13BrClNO/c1-9-7-10(2)14(12(16)8-9)18-15(19)11-5-3-4-6-13(11)17/h3-8H,1-2H3,(H,18,19). The molecule has 0 saturated carbocycles. The fourth-order valence-electron chi connectivity index (χ4n) is 1.90. The van der Waals surface area contributed by atoms with E-state index in [9.17, 15) is 4.79 Å². The second kappa shape index (κ2) is 5.76. The normalized spacial score (nSPS) is 10.3. The highest BCUT2D eigenvalue weighted by molar-refractivity contribution is 9.10. The molecule has 0 radical (unpaired) electrons. The summed E-state index contributed by atoms with van der Waals surface area (Å²) in [7, 11) is 0. The van der Waals surface area contributed by atoms with E-state index >= 15 is 0 Å². The van der Waals surface area contributed by atoms with Crippen molar-refractivity contribution in [3.05, 3.63) is 62.6 Å². The molecule has 0 fully saturated rings. The van der Waals surface area contributed by atoms with Crippen LogP contribution in [0.1, 0.15) is 21.5 Å². The Labute approximate surface area is 125 Å². The Balaban J connectivity index is 2.32. The van der Waals surface area contributed by atoms with Gasteiger partial charge in [0.1, 0.15) is 0 Å². The zero-order valence-corrected chi connectivity index (χ0v) is 13.0. The quantitative estimate of drug-likeness (QED) is 0.823. The highest BCUT2D eigenvalue weighted by atomic mass is 79.9. The van der Waals surface area contributed by atoms with Crippen LogP contribution in [0.5, 0.6) is 0 Å². The molecular formula is C15H13BrClNO. The van der Waals surface area contributed by atoms with Gasteiger partial charge in [0.15, 0.2) is 0 Å². The minimum atomic E-state index is -0.210. The fourth-order valence-corrected chi connectivity index (χ4v) is 2.89. The molecule has 19 heavy (non-hydrogen) atoms. The van der Waals surface area contributed by atoms with Crippen LogP contribution < -0.4 is 5.32 Å². The van der Waals surface area contributed by atoms with E-state index in [0.29, 0.717) is 10.6 Å². The number of halogens is 2. The Morgan fingerprint density at radius 1 is 1.21 bits per heavy atom. The van der Waals surface area contributed by atoms with Crippen LogP contribution in [0, 0.1) is 13.8 Å². The van der Waals surface area contributed by atoms with Gasteiger partial charge in [-0.25, -0.2) is 0 Å². The highest BCUT2D eigenvalue weighted by Crippen LogP contribution is 2.28. The minimum absolute atomic E-state index is 0.210. The Morgan fingerprint density at radius 3 is 2.53 bits per heavy atom. The molecule has 2 aromatic rings. The number of rotatable bonds is 2. The van der Waals surface area contributed by atoms with Crippen molar-refractivity contribution in [2.24, 2.45) is 0 Å². The molecule has 98 valence electrons. The first-order valence-electron chi connectivity index (χ1n) is 5.81. The monoisotopic (exact) mass is 337 g/mol. The summed E-state index contributed by atoms with van der Waals surface area (Å²) in [6, 6.07) is 11.0. The lowest BCUT2D eigenvalue weighted by Crippen LogP contribution is -2.13. The van der Waals surface area contributed by atoms with Crippen molar-refractivity contribution in [2.75, 3.05) is 5.32 Å². The van der Waals surface area contributed by atoms with Crippen LogP contribution in [-0.4, -0.2) is 5.91 Å². The van der Waals surface area contributed by atoms with Crippen molar-refractivity contribution in [1.29, 1.82) is 0 Å². The SMILES string of the molecule is Cc1cc(C)c(NC(=O)c2ccccc2Cl)c(Br)c1. The third-order valence-electron chi connectivity index (χ3n) is 2.79. The lowest BCUT2D eigenvalue weighted by atomic mass is 10.1. The van der Waals surface area contributed by atoms with Crippen molar-refractivity contribution >= 4 is 39.1 Å². The lowest BCUT2D eigenvalue weighted by molar-refractivity contribution is 0.102. The summed E-state index contributed by atoms with van der Waals surface area (Å²) in [6.07, 6.45) is 0. The zero-order chi connectivity index (χ0) is 14.0. The van der Waals surface area contributed by atoms with E-state index in [1.807, 2.05) is 26.0 Å². The van der Waals surface area contributed by atoms with Gasteiger partial charge in [0.2, 0.25) is 0 Å². The molecule has 0 aromatic heterocycles. The van der Waals surface area contributed by atoms with E-state index in [-0.39, 0.29) is 5.91 Å². The van der Waals surface area contributed by atoms with Gasteiger partial charge < -0.3 is 5.32 Å². The summed E-state index contributed by atoms with van der Waals surface area (Å²) in [4.78, 5) is 12.2. The van der Waals surface area contributed by atoms with E-state index in [1.165, 1.54) is 0 Å². The van der Waals surface area contributed by atoms with E-state index < -0.39 is 0 Å². The maximum Gasteiger partial charge on any atom is 0.257 e. The third-order valence-corrected chi connectivity index (χ3v) is 3.74. The largest absolute Gasteiger partial charge is 0.321 e. The van der Waals surface area contributed by atoms with Crippen molar-refractivity contribution in [3.8, 4) is 0 Å². The second-order valence-corrected chi connectivity index (χ2v) is 5.63. The Morgan fingerprint density at radius 2 is 1.89 bits per heavy atom. The molecule has 4 heteroatoms. The van der Waals surface area contributed by atoms with Gasteiger partial charge in [-0.2, -0.15) is 0 Å². The van der Waals surface area contributed by atoms with Gasteiger partial charge in [-0.15, -0.1) is 0 Å². The number of nitrogens with one attached hydrogen (secondary N) is 1. The first kappa shape index (κ1) is 14.1. The molecule has 0 spiro atoms. The van der Waals surface area contributed by atoms with Crippen molar-refractivity contribution < 1.29 is 4.79 Å². The van der Waals surface area contributed by atoms with E-state index in [2.05, 4.69) is 21.2 Å². The van der Waals surface area contributed by atoms with Crippen LogP contribution in [0.15, 0.2) is 40.9 Å². The molecular weight excluding hydrogens is 326 g/mol. The molecule has 2 aromatic carbocycles. The van der Waals surface area contributed by atoms with Crippen LogP contribution in [0.2, 0.25) is 5.02 Å². The zero-order valence-electron chi connectivity index (χ0n) is 10.6. The van der Waals surface area contributed by atoms with E-state index in [1.54, 1.807) is 24.3 Å². The average Bonchev–Trinajstić information content (AvgIpc) is 2.34. The number of benzene rings is 2. The fraction of sp³-hybridized carbons (Fsp3) is 0.133. The first-order chi connectivity index (χ1) is 8.99. The van der Waals surface area contributed by atoms with Crippen molar-refractivity contribution in [2.45, 2.75) is 13.8 Å². The predicted octanol–water partition coefficient (Wildman–Crippen LogP) is 4.97. The summed E-state index contributed by atoms with van der Waals surface area (Å²) >= 11 is 9.49. The van der Waals surface area contributed by atoms with Gasteiger partial charge >= 0.3 is 0 Å². The Kier molecular flexibility index (Phi) is 4.27. The minimum Gasteiger partial charge on any atom is -0.321 e. The number of carbonyl (C=O) groups excluding carboxylic acids is 1. The first-order valence-corrected chi connectivity index (χ1v) is 6.99. The maximum atomic E-state index is 12.2. The second-order valence-electron chi connectivity index (χ2n) is 4.37. The van der Waals surface area contributed by atoms with Crippen LogP contribution in [0.25, 0.3) is 0 Å². The summed E-state index contributed by atoms with van der Waals surface area (Å²) in [5.74, 6) is -0.210. The maximum absolute atomic E-state index is 12.2. The predicted molar refractivity (Wildman–Crippen MR) is 83.0 cm³/mol. The topological polar surface area (TPSA) is 29.1 Å². The van der Waals surface area contributed by atoms with Gasteiger partial charge in [0, 0.05) is 4.47 Å². The number of hydrogen-bond acceptors (Lipinski definition) is 1. The number of amides is 1. The smallest absolute Gasteiger partial charge is 0.257 e. The van der Waals surface area contributed by atoms with Crippen molar-refractivity contribution in [3.63, 3.8) is 0 Å². The van der Waals surface area contributed by atoms with Crippen LogP contribution in [0.3, 0.4) is 0 Å². The molecule has 0 bridgehead atoms. The van der Waals surface area contributed by atoms with Gasteiger partial charge in [0.05, 0.1) is 16.3 Å². The summed E-state index contributed by atoms with van der Waals surface area (Å²) in [6.45, 7) is 3.97.